The second-order valence-electron chi connectivity index (χ2n) is 4.47. The van der Waals surface area contributed by atoms with E-state index in [0.717, 1.165) is 25.7 Å². The Morgan fingerprint density at radius 3 is 2.82 bits per heavy atom. The molecule has 0 aromatic rings. The molecule has 1 saturated heterocycles. The van der Waals surface area contributed by atoms with E-state index in [9.17, 15) is 14.4 Å². The maximum atomic E-state index is 11.9. The molecule has 0 saturated carbocycles. The summed E-state index contributed by atoms with van der Waals surface area (Å²) < 4.78 is 0. The molecule has 4 heteroatoms. The van der Waals surface area contributed by atoms with Gasteiger partial charge in [0.15, 0.2) is 0 Å². The second-order valence-corrected chi connectivity index (χ2v) is 4.47. The summed E-state index contributed by atoms with van der Waals surface area (Å²) >= 11 is 0. The lowest BCUT2D eigenvalue weighted by Crippen LogP contribution is -2.34. The molecule has 0 aliphatic carbocycles. The highest BCUT2D eigenvalue weighted by atomic mass is 16.2. The van der Waals surface area contributed by atoms with E-state index in [0.29, 0.717) is 6.54 Å². The molecule has 0 N–H and O–H groups in total. The Kier molecular flexibility index (Phi) is 5.07. The van der Waals surface area contributed by atoms with Crippen molar-refractivity contribution in [1.82, 2.24) is 4.90 Å². The number of Topliss-reactive ketones (excluding diaryl/α,β-unsaturated/α-hetero) is 1. The molecule has 0 radical (unpaired) electrons. The number of nitrogens with zero attached hydrogens (tertiary/aromatic N) is 1. The first-order valence-electron chi connectivity index (χ1n) is 6.00. The van der Waals surface area contributed by atoms with Crippen LogP contribution in [0.1, 0.15) is 39.0 Å². The van der Waals surface area contributed by atoms with E-state index in [1.807, 2.05) is 6.08 Å². The van der Waals surface area contributed by atoms with E-state index in [-0.39, 0.29) is 29.9 Å². The first-order valence-corrected chi connectivity index (χ1v) is 6.00. The summed E-state index contributed by atoms with van der Waals surface area (Å²) in [6.07, 6.45) is 5.01. The van der Waals surface area contributed by atoms with Crippen molar-refractivity contribution in [2.45, 2.75) is 39.0 Å². The molecule has 1 rings (SSSR count). The lowest BCUT2D eigenvalue weighted by atomic mass is 10.0. The minimum absolute atomic E-state index is 0.0501. The Morgan fingerprint density at radius 2 is 2.24 bits per heavy atom. The monoisotopic (exact) mass is 237 g/mol. The van der Waals surface area contributed by atoms with Gasteiger partial charge in [-0.1, -0.05) is 6.08 Å². The van der Waals surface area contributed by atoms with E-state index in [1.54, 1.807) is 0 Å². The van der Waals surface area contributed by atoms with Gasteiger partial charge in [0, 0.05) is 12.5 Å². The lowest BCUT2D eigenvalue weighted by molar-refractivity contribution is -0.144. The van der Waals surface area contributed by atoms with Gasteiger partial charge in [-0.05, 0) is 32.6 Å². The normalized spacial score (nSPS) is 19.5. The molecular weight excluding hydrogens is 218 g/mol. The molecule has 1 aliphatic heterocycles. The molecule has 0 aromatic heterocycles. The Balaban J connectivity index is 2.46. The molecule has 4 nitrogen and oxygen atoms in total. The zero-order valence-electron chi connectivity index (χ0n) is 10.3. The molecule has 0 spiro atoms. The van der Waals surface area contributed by atoms with Crippen LogP contribution < -0.4 is 0 Å². The largest absolute Gasteiger partial charge is 0.299 e. The third-order valence-corrected chi connectivity index (χ3v) is 2.98. The van der Waals surface area contributed by atoms with E-state index in [1.165, 1.54) is 11.8 Å². The third kappa shape index (κ3) is 3.80. The fourth-order valence-corrected chi connectivity index (χ4v) is 2.07. The second kappa shape index (κ2) is 6.33. The average Bonchev–Trinajstić information content (AvgIpc) is 2.60. The topological polar surface area (TPSA) is 54.5 Å². The summed E-state index contributed by atoms with van der Waals surface area (Å²) in [7, 11) is 0. The highest BCUT2D eigenvalue weighted by Crippen LogP contribution is 2.23. The molecule has 1 unspecified atom stereocenters. The number of hydrogen-bond acceptors (Lipinski definition) is 3. The van der Waals surface area contributed by atoms with E-state index in [2.05, 4.69) is 6.58 Å². The fraction of sp³-hybridized carbons (Fsp3) is 0.615. The maximum Gasteiger partial charge on any atom is 0.236 e. The smallest absolute Gasteiger partial charge is 0.236 e. The average molecular weight is 237 g/mol. The molecule has 94 valence electrons. The van der Waals surface area contributed by atoms with Crippen molar-refractivity contribution >= 4 is 17.6 Å². The molecule has 1 atom stereocenters. The first kappa shape index (κ1) is 13.6. The van der Waals surface area contributed by atoms with Gasteiger partial charge in [-0.2, -0.15) is 0 Å². The number of ketones is 1. The molecular formula is C13H19NO3. The predicted molar refractivity (Wildman–Crippen MR) is 64.2 cm³/mol. The SMILES string of the molecule is C=CCCCC1CCN(C(=O)CC(C)=O)C1=O. The summed E-state index contributed by atoms with van der Waals surface area (Å²) in [6.45, 7) is 5.46. The van der Waals surface area contributed by atoms with Crippen molar-refractivity contribution in [3.05, 3.63) is 12.7 Å². The van der Waals surface area contributed by atoms with Crippen molar-refractivity contribution in [3.63, 3.8) is 0 Å². The van der Waals surface area contributed by atoms with Gasteiger partial charge in [0.2, 0.25) is 11.8 Å². The van der Waals surface area contributed by atoms with Gasteiger partial charge >= 0.3 is 0 Å². The van der Waals surface area contributed by atoms with Gasteiger partial charge in [0.1, 0.15) is 5.78 Å². The number of rotatable bonds is 6. The summed E-state index contributed by atoms with van der Waals surface area (Å²) in [5, 5.41) is 0. The molecule has 0 aromatic carbocycles. The summed E-state index contributed by atoms with van der Waals surface area (Å²) in [5.41, 5.74) is 0. The van der Waals surface area contributed by atoms with Gasteiger partial charge in [0.05, 0.1) is 6.42 Å². The van der Waals surface area contributed by atoms with Crippen molar-refractivity contribution in [2.75, 3.05) is 6.54 Å². The molecule has 0 bridgehead atoms. The number of carbonyl (C=O) groups is 3. The van der Waals surface area contributed by atoms with Crippen molar-refractivity contribution < 1.29 is 14.4 Å². The van der Waals surface area contributed by atoms with E-state index < -0.39 is 0 Å². The van der Waals surface area contributed by atoms with Crippen LogP contribution in [0.5, 0.6) is 0 Å². The standard InChI is InChI=1S/C13H19NO3/c1-3-4-5-6-11-7-8-14(13(11)17)12(16)9-10(2)15/h3,11H,1,4-9H2,2H3. The predicted octanol–water partition coefficient (Wildman–Crippen LogP) is 1.70. The van der Waals surface area contributed by atoms with Gasteiger partial charge in [-0.15, -0.1) is 6.58 Å². The van der Waals surface area contributed by atoms with Crippen LogP contribution in [0, 0.1) is 5.92 Å². The van der Waals surface area contributed by atoms with Crippen LogP contribution >= 0.6 is 0 Å². The number of amides is 2. The minimum Gasteiger partial charge on any atom is -0.299 e. The van der Waals surface area contributed by atoms with Crippen LogP contribution in [0.3, 0.4) is 0 Å². The van der Waals surface area contributed by atoms with Gasteiger partial charge in [0.25, 0.3) is 0 Å². The highest BCUT2D eigenvalue weighted by molar-refractivity contribution is 6.05. The molecule has 1 heterocycles. The quantitative estimate of drug-likeness (QED) is 0.401. The van der Waals surface area contributed by atoms with E-state index in [4.69, 9.17) is 0 Å². The molecule has 1 fully saturated rings. The van der Waals surface area contributed by atoms with Crippen molar-refractivity contribution in [1.29, 1.82) is 0 Å². The number of allylic oxidation sites excluding steroid dienone is 1. The van der Waals surface area contributed by atoms with Crippen LogP contribution in [0.15, 0.2) is 12.7 Å². The minimum atomic E-state index is -0.353. The summed E-state index contributed by atoms with van der Waals surface area (Å²) in [5.74, 6) is -0.710. The Labute approximate surface area is 102 Å². The van der Waals surface area contributed by atoms with Crippen LogP contribution in [0.25, 0.3) is 0 Å². The number of imide groups is 1. The highest BCUT2D eigenvalue weighted by Gasteiger charge is 2.34. The summed E-state index contributed by atoms with van der Waals surface area (Å²) in [6, 6.07) is 0. The van der Waals surface area contributed by atoms with Gasteiger partial charge < -0.3 is 0 Å². The van der Waals surface area contributed by atoms with Crippen molar-refractivity contribution in [3.8, 4) is 0 Å². The molecule has 17 heavy (non-hydrogen) atoms. The number of unbranched alkanes of at least 4 members (excludes halogenated alkanes) is 1. The number of carbonyl (C=O) groups excluding carboxylic acids is 3. The van der Waals surface area contributed by atoms with Crippen LogP contribution in [-0.2, 0) is 14.4 Å². The van der Waals surface area contributed by atoms with Crippen LogP contribution in [-0.4, -0.2) is 29.0 Å². The van der Waals surface area contributed by atoms with E-state index >= 15 is 0 Å². The Bertz CT molecular complexity index is 336. The maximum absolute atomic E-state index is 11.9. The molecule has 1 aliphatic rings. The third-order valence-electron chi connectivity index (χ3n) is 2.98. The Hall–Kier alpha value is -1.45. The number of hydrogen-bond donors (Lipinski definition) is 0. The number of likely N-dealkylation sites (tertiary alicyclic amines) is 1. The lowest BCUT2D eigenvalue weighted by Gasteiger charge is -2.13. The molecule has 2 amide bonds. The van der Waals surface area contributed by atoms with Gasteiger partial charge in [-0.25, -0.2) is 0 Å². The van der Waals surface area contributed by atoms with Crippen LogP contribution in [0.4, 0.5) is 0 Å². The zero-order chi connectivity index (χ0) is 12.8. The van der Waals surface area contributed by atoms with Crippen molar-refractivity contribution in [2.24, 2.45) is 5.92 Å². The Morgan fingerprint density at radius 1 is 1.53 bits per heavy atom. The summed E-state index contributed by atoms with van der Waals surface area (Å²) in [4.78, 5) is 35.6. The van der Waals surface area contributed by atoms with Gasteiger partial charge in [-0.3, -0.25) is 19.3 Å². The zero-order valence-corrected chi connectivity index (χ0v) is 10.3. The first-order chi connectivity index (χ1) is 8.06. The fourth-order valence-electron chi connectivity index (χ4n) is 2.07. The van der Waals surface area contributed by atoms with Crippen LogP contribution in [0.2, 0.25) is 0 Å².